The Labute approximate surface area is 277 Å². The van der Waals surface area contributed by atoms with Crippen LogP contribution in [0.5, 0.6) is 0 Å². The molecule has 0 aliphatic carbocycles. The molecule has 1 unspecified atom stereocenters. The Morgan fingerprint density at radius 1 is 1.11 bits per heavy atom. The summed E-state index contributed by atoms with van der Waals surface area (Å²) in [5.74, 6) is 3.63. The summed E-state index contributed by atoms with van der Waals surface area (Å²) in [6, 6.07) is 20.5. The predicted octanol–water partition coefficient (Wildman–Crippen LogP) is 3.88. The summed E-state index contributed by atoms with van der Waals surface area (Å²) in [5, 5.41) is 6.45. The minimum atomic E-state index is -5.02. The van der Waals surface area contributed by atoms with Gasteiger partial charge in [0.05, 0.1) is 30.8 Å². The smallest absolute Gasteiger partial charge is 0.405 e. The van der Waals surface area contributed by atoms with Gasteiger partial charge in [-0.25, -0.2) is 4.79 Å². The Morgan fingerprint density at radius 2 is 1.72 bits per heavy atom. The van der Waals surface area contributed by atoms with Crippen LogP contribution >= 0.6 is 11.8 Å². The van der Waals surface area contributed by atoms with E-state index in [2.05, 4.69) is 67.2 Å². The lowest BCUT2D eigenvalue weighted by atomic mass is 10.2. The van der Waals surface area contributed by atoms with E-state index in [1.54, 1.807) is 12.4 Å². The Hall–Kier alpha value is -3.61. The number of rotatable bonds is 11. The van der Waals surface area contributed by atoms with Crippen LogP contribution in [-0.4, -0.2) is 74.6 Å². The number of hydrogen-bond acceptors (Lipinski definition) is 8. The van der Waals surface area contributed by atoms with E-state index in [4.69, 9.17) is 13.9 Å². The third-order valence-electron chi connectivity index (χ3n) is 7.78. The molecular weight excluding hydrogens is 650 g/mol. The van der Waals surface area contributed by atoms with Gasteiger partial charge in [0.1, 0.15) is 18.1 Å². The number of anilines is 1. The van der Waals surface area contributed by atoms with Crippen molar-refractivity contribution in [3.8, 4) is 11.8 Å². The van der Waals surface area contributed by atoms with E-state index in [9.17, 15) is 22.8 Å². The second kappa shape index (κ2) is 15.5. The van der Waals surface area contributed by atoms with Gasteiger partial charge in [-0.3, -0.25) is 9.36 Å². The van der Waals surface area contributed by atoms with Crippen molar-refractivity contribution < 1.29 is 31.9 Å². The molecule has 1 aliphatic rings. The zero-order chi connectivity index (χ0) is 34.2. The largest absolute Gasteiger partial charge is 0.471 e. The first kappa shape index (κ1) is 36.2. The molecule has 14 heteroatoms. The van der Waals surface area contributed by atoms with Crippen molar-refractivity contribution in [2.45, 2.75) is 56.8 Å². The van der Waals surface area contributed by atoms with Crippen LogP contribution in [0.2, 0.25) is 5.04 Å². The molecule has 4 rings (SSSR count). The van der Waals surface area contributed by atoms with Crippen LogP contribution in [-0.2, 0) is 18.7 Å². The quantitative estimate of drug-likeness (QED) is 0.178. The van der Waals surface area contributed by atoms with Crippen molar-refractivity contribution in [1.29, 1.82) is 0 Å². The second-order valence-corrected chi connectivity index (χ2v) is 17.0. The van der Waals surface area contributed by atoms with Crippen LogP contribution in [0.15, 0.2) is 71.7 Å². The number of nitrogens with one attached hydrogen (secondary N) is 2. The summed E-state index contributed by atoms with van der Waals surface area (Å²) in [6.45, 7) is 6.21. The fourth-order valence-electron chi connectivity index (χ4n) is 5.64. The van der Waals surface area contributed by atoms with Crippen LogP contribution in [0.3, 0.4) is 0 Å². The van der Waals surface area contributed by atoms with Crippen molar-refractivity contribution in [3.63, 3.8) is 0 Å². The lowest BCUT2D eigenvalue weighted by molar-refractivity contribution is -0.173. The van der Waals surface area contributed by atoms with Gasteiger partial charge in [0.15, 0.2) is 0 Å². The average molecular weight is 689 g/mol. The summed E-state index contributed by atoms with van der Waals surface area (Å²) >= 11 is 1.52. The van der Waals surface area contributed by atoms with Gasteiger partial charge >= 0.3 is 17.8 Å². The van der Waals surface area contributed by atoms with E-state index < -0.39 is 51.1 Å². The highest BCUT2D eigenvalue weighted by Gasteiger charge is 2.51. The lowest BCUT2D eigenvalue weighted by Gasteiger charge is -2.43. The zero-order valence-electron chi connectivity index (χ0n) is 26.9. The molecule has 9 nitrogen and oxygen atoms in total. The number of alkyl halides is 3. The highest BCUT2D eigenvalue weighted by Crippen LogP contribution is 2.38. The summed E-state index contributed by atoms with van der Waals surface area (Å²) in [6.07, 6.45) is -3.03. The number of carbonyl (C=O) groups excluding carboxylic acids is 1. The minimum absolute atomic E-state index is 0.139. The lowest BCUT2D eigenvalue weighted by Crippen LogP contribution is -2.67. The third kappa shape index (κ3) is 8.46. The molecule has 1 aliphatic heterocycles. The minimum Gasteiger partial charge on any atom is -0.405 e. The number of benzene rings is 2. The SMILES string of the molecule is CNc1nc(=O)n([C@H]2CC(OCSC)[C@@H](CO[Si](c3ccccc3)(c3ccccc3)C(C)(C)C)O2)cc1C#CCNC(=O)C(F)(F)F. The molecule has 1 fully saturated rings. The predicted molar refractivity (Wildman–Crippen MR) is 179 cm³/mol. The maximum Gasteiger partial charge on any atom is 0.471 e. The van der Waals surface area contributed by atoms with E-state index in [-0.39, 0.29) is 23.0 Å². The first-order valence-electron chi connectivity index (χ1n) is 15.0. The van der Waals surface area contributed by atoms with Crippen molar-refractivity contribution in [2.75, 3.05) is 37.7 Å². The molecule has 252 valence electrons. The van der Waals surface area contributed by atoms with Gasteiger partial charge in [-0.05, 0) is 21.7 Å². The normalized spacial score (nSPS) is 18.3. The Morgan fingerprint density at radius 3 is 2.26 bits per heavy atom. The number of halogens is 3. The van der Waals surface area contributed by atoms with E-state index in [0.29, 0.717) is 12.4 Å². The van der Waals surface area contributed by atoms with Crippen molar-refractivity contribution in [1.82, 2.24) is 14.9 Å². The molecule has 3 atom stereocenters. The number of nitrogens with zero attached hydrogens (tertiary/aromatic N) is 2. The standard InChI is InChI=1S/C33H39F3N4O5SSi/c1-32(2,3)47(24-14-8-6-9-15-24,25-16-10-7-11-17-25)44-21-27-26(43-22-46-5)19-28(45-27)40-20-23(29(37-4)39-31(40)42)13-12-18-38-30(41)33(34,35)36/h6-11,14-17,20,26-28H,18-19,21-22H2,1-5H3,(H,38,41)(H,37,39,42)/t26?,27-,28-/m1/s1. The molecule has 2 aromatic carbocycles. The van der Waals surface area contributed by atoms with E-state index >= 15 is 0 Å². The van der Waals surface area contributed by atoms with Gasteiger partial charge in [-0.2, -0.15) is 18.2 Å². The highest BCUT2D eigenvalue weighted by molar-refractivity contribution is 7.98. The summed E-state index contributed by atoms with van der Waals surface area (Å²) in [4.78, 5) is 28.3. The van der Waals surface area contributed by atoms with Gasteiger partial charge < -0.3 is 24.5 Å². The number of hydrogen-bond donors (Lipinski definition) is 2. The molecule has 2 N–H and O–H groups in total. The van der Waals surface area contributed by atoms with Crippen LogP contribution in [0.4, 0.5) is 19.0 Å². The average Bonchev–Trinajstić information content (AvgIpc) is 3.45. The summed E-state index contributed by atoms with van der Waals surface area (Å²) < 4.78 is 58.7. The Bertz CT molecular complexity index is 1590. The molecule has 0 radical (unpaired) electrons. The molecule has 0 bridgehead atoms. The zero-order valence-corrected chi connectivity index (χ0v) is 28.7. The Kier molecular flexibility index (Phi) is 12.0. The number of ether oxygens (including phenoxy) is 2. The van der Waals surface area contributed by atoms with Gasteiger partial charge in [0.25, 0.3) is 8.32 Å². The fourth-order valence-corrected chi connectivity index (χ4v) is 10.5. The monoisotopic (exact) mass is 688 g/mol. The number of amides is 1. The molecule has 0 saturated carbocycles. The van der Waals surface area contributed by atoms with Crippen molar-refractivity contribution >= 4 is 42.2 Å². The van der Waals surface area contributed by atoms with E-state index in [0.717, 1.165) is 10.4 Å². The third-order valence-corrected chi connectivity index (χ3v) is 13.2. The van der Waals surface area contributed by atoms with Crippen LogP contribution < -0.4 is 26.7 Å². The molecule has 47 heavy (non-hydrogen) atoms. The second-order valence-electron chi connectivity index (χ2n) is 11.9. The summed E-state index contributed by atoms with van der Waals surface area (Å²) in [5.41, 5.74) is -0.363. The van der Waals surface area contributed by atoms with Crippen LogP contribution in [0.25, 0.3) is 0 Å². The molecule has 1 amide bonds. The topological polar surface area (TPSA) is 104 Å². The van der Waals surface area contributed by atoms with Gasteiger partial charge in [0, 0.05) is 19.7 Å². The van der Waals surface area contributed by atoms with Crippen molar-refractivity contribution in [2.24, 2.45) is 0 Å². The summed E-state index contributed by atoms with van der Waals surface area (Å²) in [7, 11) is -1.36. The van der Waals surface area contributed by atoms with Crippen LogP contribution in [0, 0.1) is 11.8 Å². The maximum atomic E-state index is 13.1. The van der Waals surface area contributed by atoms with E-state index in [1.807, 2.05) is 42.7 Å². The first-order chi connectivity index (χ1) is 22.3. The van der Waals surface area contributed by atoms with Gasteiger partial charge in [-0.1, -0.05) is 93.3 Å². The first-order valence-corrected chi connectivity index (χ1v) is 18.3. The maximum absolute atomic E-state index is 13.1. The van der Waals surface area contributed by atoms with Gasteiger partial charge in [-0.15, -0.1) is 11.8 Å². The molecule has 2 heterocycles. The Balaban J connectivity index is 1.64. The highest BCUT2D eigenvalue weighted by atomic mass is 32.2. The molecule has 3 aromatic rings. The number of thioether (sulfide) groups is 1. The van der Waals surface area contributed by atoms with Crippen molar-refractivity contribution in [3.05, 3.63) is 82.9 Å². The van der Waals surface area contributed by atoms with Gasteiger partial charge in [0.2, 0.25) is 0 Å². The fraction of sp³-hybridized carbons (Fsp3) is 0.424. The molecular formula is C33H39F3N4O5SSi. The van der Waals surface area contributed by atoms with E-state index in [1.165, 1.54) is 22.5 Å². The molecule has 1 aromatic heterocycles. The number of aromatic nitrogens is 2. The van der Waals surface area contributed by atoms with Crippen LogP contribution in [0.1, 0.15) is 39.0 Å². The molecule has 1 saturated heterocycles. The number of carbonyl (C=O) groups is 1. The molecule has 0 spiro atoms.